The first kappa shape index (κ1) is 14.7. The van der Waals surface area contributed by atoms with E-state index in [1.54, 1.807) is 30.3 Å². The predicted octanol–water partition coefficient (Wildman–Crippen LogP) is -0.157. The number of aliphatic carboxylic acids is 2. The molecule has 0 heterocycles. The molecule has 1 aromatic carbocycles. The lowest BCUT2D eigenvalue weighted by Gasteiger charge is -2.15. The van der Waals surface area contributed by atoms with Gasteiger partial charge in [0.25, 0.3) is 0 Å². The second kappa shape index (κ2) is 6.50. The van der Waals surface area contributed by atoms with Gasteiger partial charge in [0, 0.05) is 0 Å². The topological polar surface area (TPSA) is 127 Å². The zero-order chi connectivity index (χ0) is 14.4. The quantitative estimate of drug-likeness (QED) is 0.482. The molecule has 0 aromatic heterocycles. The molecule has 1 unspecified atom stereocenters. The summed E-state index contributed by atoms with van der Waals surface area (Å²) in [5.41, 5.74) is 5.81. The number of carboxylic acid groups (broad SMARTS) is 2. The van der Waals surface area contributed by atoms with Crippen LogP contribution in [0.2, 0.25) is 0 Å². The van der Waals surface area contributed by atoms with Crippen LogP contribution in [-0.4, -0.2) is 34.2 Å². The summed E-state index contributed by atoms with van der Waals surface area (Å²) in [6.45, 7) is -0.143. The normalized spacial score (nSPS) is 13.3. The first-order valence-corrected chi connectivity index (χ1v) is 5.35. The minimum Gasteiger partial charge on any atom is -0.481 e. The van der Waals surface area contributed by atoms with Crippen molar-refractivity contribution in [1.29, 1.82) is 0 Å². The molecule has 0 fully saturated rings. The Morgan fingerprint density at radius 1 is 1.11 bits per heavy atom. The molecule has 4 N–H and O–H groups in total. The van der Waals surface area contributed by atoms with Gasteiger partial charge in [-0.25, -0.2) is 0 Å². The van der Waals surface area contributed by atoms with Crippen LogP contribution in [0.3, 0.4) is 0 Å². The Balaban J connectivity index is 2.68. The molecule has 0 aliphatic rings. The zero-order valence-electron chi connectivity index (χ0n) is 9.85. The van der Waals surface area contributed by atoms with Crippen molar-refractivity contribution in [3.05, 3.63) is 35.9 Å². The van der Waals surface area contributed by atoms with Crippen molar-refractivity contribution in [2.45, 2.75) is 12.6 Å². The zero-order valence-corrected chi connectivity index (χ0v) is 9.85. The Hall–Kier alpha value is -2.41. The fourth-order valence-corrected chi connectivity index (χ4v) is 1.36. The van der Waals surface area contributed by atoms with Crippen molar-refractivity contribution in [2.75, 3.05) is 0 Å². The Morgan fingerprint density at radius 3 is 2.16 bits per heavy atom. The minimum absolute atomic E-state index is 0.143. The third kappa shape index (κ3) is 4.07. The Kier molecular flexibility index (Phi) is 5.01. The summed E-state index contributed by atoms with van der Waals surface area (Å²) in [5, 5.41) is 17.5. The fourth-order valence-electron chi connectivity index (χ4n) is 1.36. The van der Waals surface area contributed by atoms with Gasteiger partial charge in [0.15, 0.2) is 5.92 Å². The summed E-state index contributed by atoms with van der Waals surface area (Å²) in [6, 6.07) is 6.73. The number of ether oxygens (including phenoxy) is 1. The van der Waals surface area contributed by atoms with E-state index in [0.29, 0.717) is 5.56 Å². The van der Waals surface area contributed by atoms with Crippen LogP contribution in [0.25, 0.3) is 0 Å². The number of nitrogens with two attached hydrogens (primary N) is 1. The van der Waals surface area contributed by atoms with E-state index < -0.39 is 29.9 Å². The van der Waals surface area contributed by atoms with Crippen LogP contribution >= 0.6 is 0 Å². The van der Waals surface area contributed by atoms with Gasteiger partial charge >= 0.3 is 17.9 Å². The van der Waals surface area contributed by atoms with Gasteiger partial charge in [0.05, 0.1) is 0 Å². The van der Waals surface area contributed by atoms with Crippen LogP contribution in [0, 0.1) is 5.92 Å². The standard InChI is InChI=1S/C12H13NO6/c13-9(11(16)17)8(10(14)15)12(18)19-6-7-4-2-1-3-5-7/h1-5,8-9H,6,13H2,(H,14,15)(H,16,17)/t8?,9-/m0/s1. The maximum absolute atomic E-state index is 11.6. The van der Waals surface area contributed by atoms with E-state index in [4.69, 9.17) is 20.7 Å². The van der Waals surface area contributed by atoms with E-state index in [1.165, 1.54) is 0 Å². The van der Waals surface area contributed by atoms with Crippen LogP contribution in [0.15, 0.2) is 30.3 Å². The molecule has 7 nitrogen and oxygen atoms in total. The van der Waals surface area contributed by atoms with Crippen LogP contribution in [0.1, 0.15) is 5.56 Å². The highest BCUT2D eigenvalue weighted by Crippen LogP contribution is 2.09. The largest absolute Gasteiger partial charge is 0.481 e. The second-order valence-electron chi connectivity index (χ2n) is 3.77. The number of benzene rings is 1. The fraction of sp³-hybridized carbons (Fsp3) is 0.250. The number of rotatable bonds is 6. The van der Waals surface area contributed by atoms with E-state index in [2.05, 4.69) is 0 Å². The van der Waals surface area contributed by atoms with Crippen molar-refractivity contribution in [3.8, 4) is 0 Å². The molecule has 1 rings (SSSR count). The average Bonchev–Trinajstić information content (AvgIpc) is 2.37. The molecular weight excluding hydrogens is 254 g/mol. The average molecular weight is 267 g/mol. The Labute approximate surface area is 108 Å². The van der Waals surface area contributed by atoms with E-state index in [-0.39, 0.29) is 6.61 Å². The van der Waals surface area contributed by atoms with E-state index in [1.807, 2.05) is 0 Å². The van der Waals surface area contributed by atoms with Gasteiger partial charge in [-0.15, -0.1) is 0 Å². The molecule has 19 heavy (non-hydrogen) atoms. The minimum atomic E-state index is -1.93. The summed E-state index contributed by atoms with van der Waals surface area (Å²) >= 11 is 0. The monoisotopic (exact) mass is 267 g/mol. The number of carbonyl (C=O) groups is 3. The van der Waals surface area contributed by atoms with Crippen LogP contribution in [-0.2, 0) is 25.7 Å². The number of carboxylic acids is 2. The maximum atomic E-state index is 11.6. The molecule has 102 valence electrons. The summed E-state index contributed by atoms with van der Waals surface area (Å²) in [7, 11) is 0. The molecule has 2 atom stereocenters. The lowest BCUT2D eigenvalue weighted by Crippen LogP contribution is -2.46. The Bertz CT molecular complexity index is 472. The highest BCUT2D eigenvalue weighted by molar-refractivity contribution is 5.99. The number of hydrogen-bond donors (Lipinski definition) is 3. The van der Waals surface area contributed by atoms with Crippen molar-refractivity contribution in [3.63, 3.8) is 0 Å². The third-order valence-electron chi connectivity index (χ3n) is 2.39. The summed E-state index contributed by atoms with van der Waals surface area (Å²) in [6.07, 6.45) is 0. The predicted molar refractivity (Wildman–Crippen MR) is 63.0 cm³/mol. The van der Waals surface area contributed by atoms with Crippen LogP contribution in [0.4, 0.5) is 0 Å². The molecule has 0 amide bonds. The maximum Gasteiger partial charge on any atom is 0.322 e. The van der Waals surface area contributed by atoms with Crippen LogP contribution < -0.4 is 5.73 Å². The lowest BCUT2D eigenvalue weighted by atomic mass is 10.0. The number of hydrogen-bond acceptors (Lipinski definition) is 5. The molecule has 0 aliphatic carbocycles. The Morgan fingerprint density at radius 2 is 1.68 bits per heavy atom. The van der Waals surface area contributed by atoms with Crippen molar-refractivity contribution >= 4 is 17.9 Å². The molecule has 0 radical (unpaired) electrons. The summed E-state index contributed by atoms with van der Waals surface area (Å²) in [4.78, 5) is 33.0. The molecule has 0 saturated heterocycles. The molecule has 0 bridgehead atoms. The van der Waals surface area contributed by atoms with Gasteiger partial charge < -0.3 is 20.7 Å². The summed E-state index contributed by atoms with van der Waals surface area (Å²) < 4.78 is 4.76. The van der Waals surface area contributed by atoms with Gasteiger partial charge in [-0.05, 0) is 5.56 Å². The van der Waals surface area contributed by atoms with Gasteiger partial charge in [-0.2, -0.15) is 0 Å². The second-order valence-corrected chi connectivity index (χ2v) is 3.77. The summed E-state index contributed by atoms with van der Waals surface area (Å²) in [5.74, 6) is -6.32. The third-order valence-corrected chi connectivity index (χ3v) is 2.39. The highest BCUT2D eigenvalue weighted by atomic mass is 16.5. The van der Waals surface area contributed by atoms with E-state index in [0.717, 1.165) is 0 Å². The first-order valence-electron chi connectivity index (χ1n) is 5.35. The smallest absolute Gasteiger partial charge is 0.322 e. The van der Waals surface area contributed by atoms with Gasteiger partial charge in [-0.3, -0.25) is 14.4 Å². The number of carbonyl (C=O) groups excluding carboxylic acids is 1. The van der Waals surface area contributed by atoms with Crippen molar-refractivity contribution in [1.82, 2.24) is 0 Å². The molecule has 0 spiro atoms. The molecule has 0 saturated carbocycles. The van der Waals surface area contributed by atoms with E-state index >= 15 is 0 Å². The molecular formula is C12H13NO6. The molecule has 1 aromatic rings. The SMILES string of the molecule is N[C@H](C(=O)O)C(C(=O)O)C(=O)OCc1ccccc1. The number of esters is 1. The van der Waals surface area contributed by atoms with Crippen molar-refractivity contribution in [2.24, 2.45) is 11.7 Å². The lowest BCUT2D eigenvalue weighted by molar-refractivity contribution is -0.164. The van der Waals surface area contributed by atoms with Gasteiger partial charge in [0.1, 0.15) is 12.6 Å². The van der Waals surface area contributed by atoms with Crippen molar-refractivity contribution < 1.29 is 29.3 Å². The first-order chi connectivity index (χ1) is 8.93. The molecule has 7 heteroatoms. The van der Waals surface area contributed by atoms with Gasteiger partial charge in [0.2, 0.25) is 0 Å². The molecule has 0 aliphatic heterocycles. The van der Waals surface area contributed by atoms with E-state index in [9.17, 15) is 14.4 Å². The highest BCUT2D eigenvalue weighted by Gasteiger charge is 2.38. The van der Waals surface area contributed by atoms with Crippen LogP contribution in [0.5, 0.6) is 0 Å². The van der Waals surface area contributed by atoms with Gasteiger partial charge in [-0.1, -0.05) is 30.3 Å².